The second-order valence-electron chi connectivity index (χ2n) is 5.95. The molecule has 0 spiro atoms. The van der Waals surface area contributed by atoms with Gasteiger partial charge in [-0.1, -0.05) is 20.8 Å². The van der Waals surface area contributed by atoms with Crippen molar-refractivity contribution < 1.29 is 0 Å². The molecule has 0 amide bonds. The van der Waals surface area contributed by atoms with Crippen LogP contribution in [-0.2, 0) is 0 Å². The fourth-order valence-electron chi connectivity index (χ4n) is 2.84. The van der Waals surface area contributed by atoms with Crippen LogP contribution in [0.2, 0.25) is 0 Å². The standard InChI is InChI=1S/C13H26N2/c1-10(2)12-4-5-15(9-12)8-11(3)13-6-14-7-13/h10-14H,4-9H2,1-3H3. The smallest absolute Gasteiger partial charge is 0.00127 e. The molecule has 0 radical (unpaired) electrons. The molecular weight excluding hydrogens is 184 g/mol. The van der Waals surface area contributed by atoms with Gasteiger partial charge in [0.1, 0.15) is 0 Å². The summed E-state index contributed by atoms with van der Waals surface area (Å²) in [7, 11) is 0. The van der Waals surface area contributed by atoms with Crippen LogP contribution in [0.4, 0.5) is 0 Å². The van der Waals surface area contributed by atoms with Crippen LogP contribution < -0.4 is 5.32 Å². The Morgan fingerprint density at radius 2 is 1.93 bits per heavy atom. The Kier molecular flexibility index (Phi) is 3.68. The lowest BCUT2D eigenvalue weighted by Crippen LogP contribution is -2.48. The van der Waals surface area contributed by atoms with Crippen molar-refractivity contribution in [3.63, 3.8) is 0 Å². The summed E-state index contributed by atoms with van der Waals surface area (Å²) < 4.78 is 0. The van der Waals surface area contributed by atoms with Gasteiger partial charge in [-0.25, -0.2) is 0 Å². The van der Waals surface area contributed by atoms with Crippen LogP contribution in [0, 0.1) is 23.7 Å². The lowest BCUT2D eigenvalue weighted by Gasteiger charge is -2.34. The maximum atomic E-state index is 3.38. The SMILES string of the molecule is CC(C)C1CCN(CC(C)C2CNC2)C1. The van der Waals surface area contributed by atoms with Gasteiger partial charge in [0.05, 0.1) is 0 Å². The molecule has 0 aliphatic carbocycles. The van der Waals surface area contributed by atoms with Gasteiger partial charge in [0.15, 0.2) is 0 Å². The zero-order valence-corrected chi connectivity index (χ0v) is 10.5. The van der Waals surface area contributed by atoms with Gasteiger partial charge in [0, 0.05) is 13.1 Å². The van der Waals surface area contributed by atoms with Crippen molar-refractivity contribution in [3.05, 3.63) is 0 Å². The van der Waals surface area contributed by atoms with Crippen molar-refractivity contribution in [2.45, 2.75) is 27.2 Å². The summed E-state index contributed by atoms with van der Waals surface area (Å²) in [6, 6.07) is 0. The molecule has 2 aliphatic heterocycles. The number of likely N-dealkylation sites (tertiary alicyclic amines) is 1. The van der Waals surface area contributed by atoms with Crippen LogP contribution >= 0.6 is 0 Å². The van der Waals surface area contributed by atoms with E-state index in [4.69, 9.17) is 0 Å². The molecular formula is C13H26N2. The van der Waals surface area contributed by atoms with E-state index in [0.717, 1.165) is 23.7 Å². The average Bonchev–Trinajstić information content (AvgIpc) is 2.48. The zero-order chi connectivity index (χ0) is 10.8. The molecule has 15 heavy (non-hydrogen) atoms. The molecule has 2 nitrogen and oxygen atoms in total. The Labute approximate surface area is 94.4 Å². The van der Waals surface area contributed by atoms with Gasteiger partial charge in [-0.3, -0.25) is 0 Å². The van der Waals surface area contributed by atoms with Gasteiger partial charge in [-0.05, 0) is 49.7 Å². The van der Waals surface area contributed by atoms with Crippen molar-refractivity contribution >= 4 is 0 Å². The Morgan fingerprint density at radius 1 is 1.20 bits per heavy atom. The molecule has 0 bridgehead atoms. The Morgan fingerprint density at radius 3 is 2.40 bits per heavy atom. The second-order valence-corrected chi connectivity index (χ2v) is 5.95. The van der Waals surface area contributed by atoms with E-state index in [1.54, 1.807) is 0 Å². The molecule has 2 heteroatoms. The van der Waals surface area contributed by atoms with E-state index < -0.39 is 0 Å². The Balaban J connectivity index is 1.71. The van der Waals surface area contributed by atoms with Crippen LogP contribution in [0.3, 0.4) is 0 Å². The zero-order valence-electron chi connectivity index (χ0n) is 10.5. The van der Waals surface area contributed by atoms with E-state index in [-0.39, 0.29) is 0 Å². The molecule has 2 fully saturated rings. The highest BCUT2D eigenvalue weighted by Crippen LogP contribution is 2.26. The number of nitrogens with one attached hydrogen (secondary N) is 1. The van der Waals surface area contributed by atoms with E-state index in [1.807, 2.05) is 0 Å². The molecule has 0 aromatic heterocycles. The predicted octanol–water partition coefficient (Wildman–Crippen LogP) is 1.82. The monoisotopic (exact) mass is 210 g/mol. The van der Waals surface area contributed by atoms with Gasteiger partial charge in [0.25, 0.3) is 0 Å². The fraction of sp³-hybridized carbons (Fsp3) is 1.00. The highest BCUT2D eigenvalue weighted by molar-refractivity contribution is 4.84. The molecule has 2 rings (SSSR count). The molecule has 0 aromatic carbocycles. The van der Waals surface area contributed by atoms with Crippen molar-refractivity contribution in [2.75, 3.05) is 32.7 Å². The summed E-state index contributed by atoms with van der Waals surface area (Å²) in [5.41, 5.74) is 0. The third kappa shape index (κ3) is 2.73. The largest absolute Gasteiger partial charge is 0.316 e. The first-order valence-electron chi connectivity index (χ1n) is 6.60. The summed E-state index contributed by atoms with van der Waals surface area (Å²) in [6.07, 6.45) is 1.42. The van der Waals surface area contributed by atoms with Crippen molar-refractivity contribution in [2.24, 2.45) is 23.7 Å². The van der Waals surface area contributed by atoms with E-state index >= 15 is 0 Å². The van der Waals surface area contributed by atoms with E-state index in [1.165, 1.54) is 39.1 Å². The van der Waals surface area contributed by atoms with E-state index in [0.29, 0.717) is 0 Å². The first kappa shape index (κ1) is 11.4. The third-order valence-electron chi connectivity index (χ3n) is 4.42. The third-order valence-corrected chi connectivity index (χ3v) is 4.42. The molecule has 0 aromatic rings. The number of rotatable bonds is 4. The predicted molar refractivity (Wildman–Crippen MR) is 64.9 cm³/mol. The Bertz CT molecular complexity index is 199. The van der Waals surface area contributed by atoms with Crippen LogP contribution in [0.25, 0.3) is 0 Å². The highest BCUT2D eigenvalue weighted by atomic mass is 15.1. The van der Waals surface area contributed by atoms with Crippen LogP contribution in [-0.4, -0.2) is 37.6 Å². The van der Waals surface area contributed by atoms with Crippen LogP contribution in [0.5, 0.6) is 0 Å². The summed E-state index contributed by atoms with van der Waals surface area (Å²) in [5, 5.41) is 3.38. The van der Waals surface area contributed by atoms with Crippen LogP contribution in [0.1, 0.15) is 27.2 Å². The van der Waals surface area contributed by atoms with E-state index in [2.05, 4.69) is 31.0 Å². The fourth-order valence-corrected chi connectivity index (χ4v) is 2.84. The summed E-state index contributed by atoms with van der Waals surface area (Å²) in [5.74, 6) is 3.66. The molecule has 0 saturated carbocycles. The van der Waals surface area contributed by atoms with Crippen LogP contribution in [0.15, 0.2) is 0 Å². The number of hydrogen-bond donors (Lipinski definition) is 1. The minimum atomic E-state index is 0.871. The van der Waals surface area contributed by atoms with Crippen molar-refractivity contribution in [3.8, 4) is 0 Å². The van der Waals surface area contributed by atoms with Crippen molar-refractivity contribution in [1.82, 2.24) is 10.2 Å². The van der Waals surface area contributed by atoms with E-state index in [9.17, 15) is 0 Å². The summed E-state index contributed by atoms with van der Waals surface area (Å²) in [4.78, 5) is 2.69. The highest BCUT2D eigenvalue weighted by Gasteiger charge is 2.29. The van der Waals surface area contributed by atoms with Gasteiger partial charge < -0.3 is 10.2 Å². The maximum absolute atomic E-state index is 3.38. The summed E-state index contributed by atoms with van der Waals surface area (Å²) in [6.45, 7) is 13.7. The second kappa shape index (κ2) is 4.84. The lowest BCUT2D eigenvalue weighted by molar-refractivity contribution is 0.180. The molecule has 88 valence electrons. The van der Waals surface area contributed by atoms with Gasteiger partial charge in [0.2, 0.25) is 0 Å². The number of hydrogen-bond acceptors (Lipinski definition) is 2. The minimum Gasteiger partial charge on any atom is -0.316 e. The van der Waals surface area contributed by atoms with Gasteiger partial charge in [-0.15, -0.1) is 0 Å². The topological polar surface area (TPSA) is 15.3 Å². The summed E-state index contributed by atoms with van der Waals surface area (Å²) >= 11 is 0. The molecule has 1 N–H and O–H groups in total. The number of nitrogens with zero attached hydrogens (tertiary/aromatic N) is 1. The first-order valence-corrected chi connectivity index (χ1v) is 6.60. The average molecular weight is 210 g/mol. The molecule has 2 atom stereocenters. The van der Waals surface area contributed by atoms with Gasteiger partial charge >= 0.3 is 0 Å². The molecule has 2 heterocycles. The maximum Gasteiger partial charge on any atom is 0.00127 e. The van der Waals surface area contributed by atoms with Gasteiger partial charge in [-0.2, -0.15) is 0 Å². The molecule has 2 saturated heterocycles. The van der Waals surface area contributed by atoms with Crippen molar-refractivity contribution in [1.29, 1.82) is 0 Å². The Hall–Kier alpha value is -0.0800. The molecule has 2 unspecified atom stereocenters. The quantitative estimate of drug-likeness (QED) is 0.761. The minimum absolute atomic E-state index is 0.871. The normalized spacial score (nSPS) is 30.8. The first-order chi connectivity index (χ1) is 7.16. The lowest BCUT2D eigenvalue weighted by atomic mass is 9.88. The molecule has 2 aliphatic rings.